The molecule has 4 heteroatoms. The molecule has 1 amide bonds. The molecule has 0 saturated heterocycles. The van der Waals surface area contributed by atoms with Crippen molar-refractivity contribution in [2.75, 3.05) is 19.0 Å². The molecule has 104 valence electrons. The number of carbonyl (C=O) groups is 1. The highest BCUT2D eigenvalue weighted by atomic mass is 16.5. The second-order valence-corrected chi connectivity index (χ2v) is 5.29. The summed E-state index contributed by atoms with van der Waals surface area (Å²) in [6.07, 6.45) is 4.68. The largest absolute Gasteiger partial charge is 0.495 e. The molecule has 1 aromatic rings. The van der Waals surface area contributed by atoms with E-state index in [9.17, 15) is 4.79 Å². The molecule has 0 spiro atoms. The first-order valence-corrected chi connectivity index (χ1v) is 6.77. The highest BCUT2D eigenvalue weighted by molar-refractivity contribution is 5.90. The molecule has 0 unspecified atom stereocenters. The monoisotopic (exact) mass is 262 g/mol. The number of hydrogen-bond donors (Lipinski definition) is 2. The summed E-state index contributed by atoms with van der Waals surface area (Å²) in [5.74, 6) is 0.591. The quantitative estimate of drug-likeness (QED) is 0.876. The molecule has 1 fully saturated rings. The summed E-state index contributed by atoms with van der Waals surface area (Å²) < 4.78 is 5.28. The number of nitrogens with one attached hydrogen (secondary N) is 1. The van der Waals surface area contributed by atoms with E-state index in [1.807, 2.05) is 12.1 Å². The van der Waals surface area contributed by atoms with Crippen molar-refractivity contribution in [3.63, 3.8) is 0 Å². The van der Waals surface area contributed by atoms with Gasteiger partial charge in [0.2, 0.25) is 5.91 Å². The van der Waals surface area contributed by atoms with Crippen molar-refractivity contribution in [1.29, 1.82) is 0 Å². The van der Waals surface area contributed by atoms with E-state index >= 15 is 0 Å². The van der Waals surface area contributed by atoms with Gasteiger partial charge in [-0.15, -0.1) is 0 Å². The van der Waals surface area contributed by atoms with E-state index in [-0.39, 0.29) is 11.3 Å². The van der Waals surface area contributed by atoms with E-state index < -0.39 is 0 Å². The van der Waals surface area contributed by atoms with Crippen LogP contribution in [0, 0.1) is 0 Å². The second kappa shape index (κ2) is 5.61. The Hall–Kier alpha value is -1.55. The third kappa shape index (κ3) is 2.73. The molecule has 3 N–H and O–H groups in total. The van der Waals surface area contributed by atoms with Gasteiger partial charge in [-0.05, 0) is 30.5 Å². The second-order valence-electron chi connectivity index (χ2n) is 5.29. The molecular weight excluding hydrogens is 240 g/mol. The van der Waals surface area contributed by atoms with Crippen LogP contribution in [0.3, 0.4) is 0 Å². The molecule has 0 radical (unpaired) electrons. The van der Waals surface area contributed by atoms with Gasteiger partial charge in [-0.1, -0.05) is 18.9 Å². The molecule has 0 aromatic heterocycles. The van der Waals surface area contributed by atoms with Gasteiger partial charge in [-0.3, -0.25) is 4.79 Å². The van der Waals surface area contributed by atoms with Gasteiger partial charge in [-0.25, -0.2) is 0 Å². The number of rotatable bonds is 4. The highest BCUT2D eigenvalue weighted by Crippen LogP contribution is 2.42. The van der Waals surface area contributed by atoms with E-state index in [2.05, 4.69) is 11.4 Å². The molecule has 1 aliphatic rings. The smallest absolute Gasteiger partial charge is 0.221 e. The van der Waals surface area contributed by atoms with Crippen molar-refractivity contribution in [3.05, 3.63) is 23.8 Å². The van der Waals surface area contributed by atoms with Gasteiger partial charge in [0.25, 0.3) is 0 Å². The fourth-order valence-corrected chi connectivity index (χ4v) is 2.99. The lowest BCUT2D eigenvalue weighted by Crippen LogP contribution is -2.32. The molecule has 0 aliphatic heterocycles. The van der Waals surface area contributed by atoms with Crippen molar-refractivity contribution < 1.29 is 9.53 Å². The summed E-state index contributed by atoms with van der Waals surface area (Å²) in [6, 6.07) is 6.00. The van der Waals surface area contributed by atoms with Crippen molar-refractivity contribution in [1.82, 2.24) is 0 Å². The minimum Gasteiger partial charge on any atom is -0.495 e. The summed E-state index contributed by atoms with van der Waals surface area (Å²) in [5, 5.41) is 2.82. The first-order chi connectivity index (χ1) is 9.11. The Labute approximate surface area is 114 Å². The maximum atomic E-state index is 11.3. The zero-order valence-corrected chi connectivity index (χ0v) is 11.7. The van der Waals surface area contributed by atoms with Crippen LogP contribution in [0.25, 0.3) is 0 Å². The molecule has 1 aliphatic carbocycles. The molecular formula is C15H22N2O2. The summed E-state index contributed by atoms with van der Waals surface area (Å²) in [4.78, 5) is 11.3. The fraction of sp³-hybridized carbons (Fsp3) is 0.533. The summed E-state index contributed by atoms with van der Waals surface area (Å²) in [6.45, 7) is 2.15. The average Bonchev–Trinajstić information content (AvgIpc) is 2.88. The lowest BCUT2D eigenvalue weighted by molar-refractivity contribution is -0.114. The minimum atomic E-state index is -0.0938. The van der Waals surface area contributed by atoms with E-state index in [4.69, 9.17) is 10.5 Å². The van der Waals surface area contributed by atoms with Gasteiger partial charge in [0, 0.05) is 18.9 Å². The first-order valence-electron chi connectivity index (χ1n) is 6.77. The third-order valence-corrected chi connectivity index (χ3v) is 4.07. The number of hydrogen-bond acceptors (Lipinski definition) is 3. The number of benzene rings is 1. The van der Waals surface area contributed by atoms with Gasteiger partial charge in [0.15, 0.2) is 0 Å². The number of anilines is 1. The molecule has 0 bridgehead atoms. The molecule has 0 atom stereocenters. The van der Waals surface area contributed by atoms with Gasteiger partial charge in [0.05, 0.1) is 12.8 Å². The Balaban J connectivity index is 2.39. The summed E-state index contributed by atoms with van der Waals surface area (Å²) >= 11 is 0. The zero-order valence-electron chi connectivity index (χ0n) is 11.7. The van der Waals surface area contributed by atoms with Crippen LogP contribution in [0.15, 0.2) is 18.2 Å². The van der Waals surface area contributed by atoms with E-state index in [0.29, 0.717) is 12.3 Å². The Morgan fingerprint density at radius 1 is 1.42 bits per heavy atom. The SMILES string of the molecule is COc1ccc(C2(CN)CCCC2)cc1NC(C)=O. The predicted molar refractivity (Wildman–Crippen MR) is 76.5 cm³/mol. The molecule has 1 aromatic carbocycles. The Bertz CT molecular complexity index is 465. The van der Waals surface area contributed by atoms with Gasteiger partial charge in [0.1, 0.15) is 5.75 Å². The van der Waals surface area contributed by atoms with Gasteiger partial charge in [-0.2, -0.15) is 0 Å². The maximum absolute atomic E-state index is 11.3. The molecule has 2 rings (SSSR count). The van der Waals surface area contributed by atoms with Gasteiger partial charge < -0.3 is 15.8 Å². The number of carbonyl (C=O) groups excluding carboxylic acids is 1. The molecule has 19 heavy (non-hydrogen) atoms. The Kier molecular flexibility index (Phi) is 4.10. The van der Waals surface area contributed by atoms with E-state index in [0.717, 1.165) is 18.5 Å². The predicted octanol–water partition coefficient (Wildman–Crippen LogP) is 2.42. The first kappa shape index (κ1) is 13.9. The lowest BCUT2D eigenvalue weighted by atomic mass is 9.79. The van der Waals surface area contributed by atoms with Crippen LogP contribution in [-0.2, 0) is 10.2 Å². The van der Waals surface area contributed by atoms with Crippen LogP contribution in [0.2, 0.25) is 0 Å². The van der Waals surface area contributed by atoms with Crippen molar-refractivity contribution >= 4 is 11.6 Å². The number of methoxy groups -OCH3 is 1. The number of amides is 1. The minimum absolute atomic E-state index is 0.0689. The maximum Gasteiger partial charge on any atom is 0.221 e. The van der Waals surface area contributed by atoms with Crippen LogP contribution < -0.4 is 15.8 Å². The van der Waals surface area contributed by atoms with Crippen molar-refractivity contribution in [2.45, 2.75) is 38.0 Å². The van der Waals surface area contributed by atoms with Crippen molar-refractivity contribution in [2.24, 2.45) is 5.73 Å². The normalized spacial score (nSPS) is 17.2. The van der Waals surface area contributed by atoms with Crippen LogP contribution >= 0.6 is 0 Å². The number of ether oxygens (including phenoxy) is 1. The van der Waals surface area contributed by atoms with E-state index in [1.165, 1.54) is 25.3 Å². The van der Waals surface area contributed by atoms with Crippen LogP contribution in [0.1, 0.15) is 38.2 Å². The third-order valence-electron chi connectivity index (χ3n) is 4.07. The number of nitrogens with two attached hydrogens (primary N) is 1. The lowest BCUT2D eigenvalue weighted by Gasteiger charge is -2.28. The standard InChI is InChI=1S/C15H22N2O2/c1-11(18)17-13-9-12(5-6-14(13)19-2)15(10-16)7-3-4-8-15/h5-6,9H,3-4,7-8,10,16H2,1-2H3,(H,17,18). The van der Waals surface area contributed by atoms with Crippen molar-refractivity contribution in [3.8, 4) is 5.75 Å². The van der Waals surface area contributed by atoms with Gasteiger partial charge >= 0.3 is 0 Å². The zero-order chi connectivity index (χ0) is 13.9. The Morgan fingerprint density at radius 2 is 2.11 bits per heavy atom. The topological polar surface area (TPSA) is 64.3 Å². The molecule has 0 heterocycles. The van der Waals surface area contributed by atoms with E-state index in [1.54, 1.807) is 7.11 Å². The average molecular weight is 262 g/mol. The Morgan fingerprint density at radius 3 is 2.63 bits per heavy atom. The fourth-order valence-electron chi connectivity index (χ4n) is 2.99. The van der Waals surface area contributed by atoms with Crippen LogP contribution in [0.4, 0.5) is 5.69 Å². The summed E-state index contributed by atoms with van der Waals surface area (Å²) in [5.41, 5.74) is 8.01. The summed E-state index contributed by atoms with van der Waals surface area (Å²) in [7, 11) is 1.61. The van der Waals surface area contributed by atoms with Crippen LogP contribution in [-0.4, -0.2) is 19.6 Å². The van der Waals surface area contributed by atoms with Crippen LogP contribution in [0.5, 0.6) is 5.75 Å². The molecule has 4 nitrogen and oxygen atoms in total. The highest BCUT2D eigenvalue weighted by Gasteiger charge is 2.34. The molecule has 1 saturated carbocycles.